The number of nitrogens with one attached hydrogen (secondary N) is 3. The molecule has 1 aromatic carbocycles. The third-order valence-electron chi connectivity index (χ3n) is 2.24. The van der Waals surface area contributed by atoms with Crippen molar-refractivity contribution < 1.29 is 4.79 Å². The van der Waals surface area contributed by atoms with Crippen molar-refractivity contribution in [3.63, 3.8) is 0 Å². The smallest absolute Gasteiger partial charge is 0.316 e. The molecule has 1 aromatic heterocycles. The molecule has 0 aliphatic rings. The second kappa shape index (κ2) is 5.29. The van der Waals surface area contributed by atoms with Crippen LogP contribution in [0.25, 0.3) is 0 Å². The van der Waals surface area contributed by atoms with Gasteiger partial charge in [0.05, 0.1) is 10.6 Å². The number of H-pyrrole nitrogens is 2. The van der Waals surface area contributed by atoms with E-state index in [1.807, 2.05) is 4.98 Å². The molecule has 98 valence electrons. The Balaban J connectivity index is 2.30. The van der Waals surface area contributed by atoms with Crippen LogP contribution < -0.4 is 16.6 Å². The van der Waals surface area contributed by atoms with Crippen LogP contribution in [0, 0.1) is 0 Å². The third-order valence-corrected chi connectivity index (χ3v) is 2.79. The first-order valence-corrected chi connectivity index (χ1v) is 5.81. The number of rotatable bonds is 2. The summed E-state index contributed by atoms with van der Waals surface area (Å²) in [5.74, 6) is -0.584. The number of hydrogen-bond donors (Lipinski definition) is 3. The van der Waals surface area contributed by atoms with Gasteiger partial charge < -0.3 is 10.3 Å². The predicted molar refractivity (Wildman–Crippen MR) is 72.1 cm³/mol. The molecule has 0 fully saturated rings. The van der Waals surface area contributed by atoms with E-state index in [1.54, 1.807) is 0 Å². The molecular weight excluding hydrogens is 293 g/mol. The number of aromatic nitrogens is 2. The van der Waals surface area contributed by atoms with Gasteiger partial charge in [-0.1, -0.05) is 23.2 Å². The summed E-state index contributed by atoms with van der Waals surface area (Å²) in [7, 11) is 0. The molecule has 0 unspecified atom stereocenters. The van der Waals surface area contributed by atoms with Gasteiger partial charge in [-0.25, -0.2) is 4.79 Å². The van der Waals surface area contributed by atoms with E-state index in [0.29, 0.717) is 5.02 Å². The minimum Gasteiger partial charge on any atom is -0.316 e. The van der Waals surface area contributed by atoms with E-state index in [2.05, 4.69) is 10.3 Å². The van der Waals surface area contributed by atoms with Crippen LogP contribution in [0.5, 0.6) is 0 Å². The van der Waals surface area contributed by atoms with Crippen molar-refractivity contribution in [2.75, 3.05) is 5.32 Å². The molecule has 2 rings (SSSR count). The lowest BCUT2D eigenvalue weighted by Crippen LogP contribution is -2.26. The van der Waals surface area contributed by atoms with Crippen molar-refractivity contribution in [1.82, 2.24) is 9.97 Å². The lowest BCUT2D eigenvalue weighted by molar-refractivity contribution is 0.102. The summed E-state index contributed by atoms with van der Waals surface area (Å²) in [5.41, 5.74) is -1.29. The van der Waals surface area contributed by atoms with E-state index in [1.165, 1.54) is 18.2 Å². The molecule has 0 saturated carbocycles. The van der Waals surface area contributed by atoms with Gasteiger partial charge in [0.15, 0.2) is 0 Å². The van der Waals surface area contributed by atoms with Crippen LogP contribution in [0.1, 0.15) is 10.4 Å². The fraction of sp³-hybridized carbons (Fsp3) is 0. The third kappa shape index (κ3) is 3.04. The van der Waals surface area contributed by atoms with E-state index in [9.17, 15) is 14.4 Å². The lowest BCUT2D eigenvalue weighted by atomic mass is 10.2. The number of amides is 1. The highest BCUT2D eigenvalue weighted by molar-refractivity contribution is 6.37. The number of carbonyl (C=O) groups is 1. The van der Waals surface area contributed by atoms with Gasteiger partial charge in [-0.05, 0) is 18.2 Å². The molecule has 0 spiro atoms. The van der Waals surface area contributed by atoms with E-state index >= 15 is 0 Å². The Morgan fingerprint density at radius 2 is 1.95 bits per heavy atom. The van der Waals surface area contributed by atoms with Crippen LogP contribution in [0.4, 0.5) is 5.69 Å². The van der Waals surface area contributed by atoms with Crippen molar-refractivity contribution in [2.45, 2.75) is 0 Å². The van der Waals surface area contributed by atoms with E-state index in [-0.39, 0.29) is 16.3 Å². The Bertz CT molecular complexity index is 751. The Hall–Kier alpha value is -2.05. The minimum atomic E-state index is -0.706. The number of carbonyl (C=O) groups excluding carboxylic acids is 1. The standard InChI is InChI=1S/C11H7Cl2N3O3/c12-5-1-2-6(7(13)3-5)9(17)15-8-4-14-11(19)16-10(8)18/h1-4H,(H,15,17)(H2,14,16,18,19). The Morgan fingerprint density at radius 3 is 2.58 bits per heavy atom. The highest BCUT2D eigenvalue weighted by atomic mass is 35.5. The van der Waals surface area contributed by atoms with Crippen molar-refractivity contribution in [3.8, 4) is 0 Å². The van der Waals surface area contributed by atoms with Crippen LogP contribution in [0.15, 0.2) is 34.0 Å². The van der Waals surface area contributed by atoms with Crippen molar-refractivity contribution in [2.24, 2.45) is 0 Å². The largest absolute Gasteiger partial charge is 0.325 e. The maximum Gasteiger partial charge on any atom is 0.325 e. The predicted octanol–water partition coefficient (Wildman–Crippen LogP) is 1.62. The molecule has 0 atom stereocenters. The Kier molecular flexibility index (Phi) is 3.73. The summed E-state index contributed by atoms with van der Waals surface area (Å²) < 4.78 is 0. The monoisotopic (exact) mass is 299 g/mol. The molecule has 3 N–H and O–H groups in total. The SMILES string of the molecule is O=C(Nc1c[nH]c(=O)[nH]c1=O)c1ccc(Cl)cc1Cl. The lowest BCUT2D eigenvalue weighted by Gasteiger charge is -2.05. The zero-order valence-corrected chi connectivity index (χ0v) is 10.8. The van der Waals surface area contributed by atoms with E-state index in [4.69, 9.17) is 23.2 Å². The van der Waals surface area contributed by atoms with Crippen LogP contribution in [0.2, 0.25) is 10.0 Å². The minimum absolute atomic E-state index is 0.0874. The Labute approximate surface area is 116 Å². The second-order valence-electron chi connectivity index (χ2n) is 3.56. The van der Waals surface area contributed by atoms with Gasteiger partial charge >= 0.3 is 5.69 Å². The fourth-order valence-corrected chi connectivity index (χ4v) is 1.86. The van der Waals surface area contributed by atoms with Crippen molar-refractivity contribution in [1.29, 1.82) is 0 Å². The van der Waals surface area contributed by atoms with Gasteiger partial charge in [0.25, 0.3) is 11.5 Å². The van der Waals surface area contributed by atoms with Gasteiger partial charge in [0.1, 0.15) is 5.69 Å². The van der Waals surface area contributed by atoms with Crippen LogP contribution in [-0.4, -0.2) is 15.9 Å². The molecule has 1 heterocycles. The molecule has 6 nitrogen and oxygen atoms in total. The quantitative estimate of drug-likeness (QED) is 0.786. The highest BCUT2D eigenvalue weighted by Crippen LogP contribution is 2.21. The number of hydrogen-bond acceptors (Lipinski definition) is 3. The summed E-state index contributed by atoms with van der Waals surface area (Å²) in [6, 6.07) is 4.34. The molecule has 0 radical (unpaired) electrons. The van der Waals surface area contributed by atoms with Gasteiger partial charge in [-0.3, -0.25) is 14.6 Å². The zero-order valence-electron chi connectivity index (χ0n) is 9.29. The van der Waals surface area contributed by atoms with Gasteiger partial charge in [-0.2, -0.15) is 0 Å². The van der Waals surface area contributed by atoms with Crippen LogP contribution in [-0.2, 0) is 0 Å². The molecule has 0 aliphatic heterocycles. The normalized spacial score (nSPS) is 10.2. The first kappa shape index (κ1) is 13.4. The fourth-order valence-electron chi connectivity index (χ4n) is 1.37. The van der Waals surface area contributed by atoms with Crippen LogP contribution >= 0.6 is 23.2 Å². The number of halogens is 2. The molecule has 8 heteroatoms. The number of anilines is 1. The summed E-state index contributed by atoms with van der Waals surface area (Å²) in [6.07, 6.45) is 1.10. The molecule has 0 saturated heterocycles. The maximum atomic E-state index is 11.9. The van der Waals surface area contributed by atoms with E-state index < -0.39 is 17.2 Å². The number of aromatic amines is 2. The maximum absolute atomic E-state index is 11.9. The molecule has 1 amide bonds. The molecule has 0 bridgehead atoms. The first-order chi connectivity index (χ1) is 8.97. The van der Waals surface area contributed by atoms with Crippen molar-refractivity contribution >= 4 is 34.8 Å². The topological polar surface area (TPSA) is 94.8 Å². The average Bonchev–Trinajstić information content (AvgIpc) is 2.32. The second-order valence-corrected chi connectivity index (χ2v) is 4.41. The Morgan fingerprint density at radius 1 is 1.21 bits per heavy atom. The number of benzene rings is 1. The highest BCUT2D eigenvalue weighted by Gasteiger charge is 2.12. The summed E-state index contributed by atoms with van der Waals surface area (Å²) in [6.45, 7) is 0. The van der Waals surface area contributed by atoms with Gasteiger partial charge in [0, 0.05) is 11.2 Å². The molecule has 19 heavy (non-hydrogen) atoms. The summed E-state index contributed by atoms with van der Waals surface area (Å²) in [5, 5.41) is 2.88. The zero-order chi connectivity index (χ0) is 14.0. The summed E-state index contributed by atoms with van der Waals surface area (Å²) >= 11 is 11.6. The van der Waals surface area contributed by atoms with Gasteiger partial charge in [0.2, 0.25) is 0 Å². The molecule has 0 aliphatic carbocycles. The van der Waals surface area contributed by atoms with Gasteiger partial charge in [-0.15, -0.1) is 0 Å². The van der Waals surface area contributed by atoms with E-state index in [0.717, 1.165) is 6.20 Å². The molecule has 2 aromatic rings. The average molecular weight is 300 g/mol. The molecular formula is C11H7Cl2N3O3. The van der Waals surface area contributed by atoms with Crippen LogP contribution in [0.3, 0.4) is 0 Å². The first-order valence-electron chi connectivity index (χ1n) is 5.06. The summed E-state index contributed by atoms with van der Waals surface area (Å²) in [4.78, 5) is 38.4. The van der Waals surface area contributed by atoms with Crippen molar-refractivity contribution in [3.05, 3.63) is 60.8 Å².